The number of nitrogens with two attached hydrogens (primary N) is 1. The lowest BCUT2D eigenvalue weighted by Crippen LogP contribution is -2.25. The highest BCUT2D eigenvalue weighted by Crippen LogP contribution is 2.30. The second-order valence-electron chi connectivity index (χ2n) is 3.61. The van der Waals surface area contributed by atoms with Crippen molar-refractivity contribution in [2.24, 2.45) is 5.73 Å². The Hall–Kier alpha value is -1.26. The van der Waals surface area contributed by atoms with Gasteiger partial charge in [0.05, 0.1) is 26.4 Å². The summed E-state index contributed by atoms with van der Waals surface area (Å²) in [5, 5.41) is 9.71. The van der Waals surface area contributed by atoms with Gasteiger partial charge in [-0.2, -0.15) is 0 Å². The monoisotopic (exact) mass is 225 g/mol. The lowest BCUT2D eigenvalue weighted by molar-refractivity contribution is 0.139. The standard InChI is InChI=1S/C12H19NO3/c1-4-10(14)12(13)9-6-5-8(15-2)7-11(9)16-3/h5-7,10,12,14H,4,13H2,1-3H3/t10-,12+/m1/s1. The van der Waals surface area contributed by atoms with Crippen LogP contribution in [0.3, 0.4) is 0 Å². The second-order valence-corrected chi connectivity index (χ2v) is 3.61. The number of aliphatic hydroxyl groups is 1. The van der Waals surface area contributed by atoms with Crippen LogP contribution in [0.1, 0.15) is 24.9 Å². The van der Waals surface area contributed by atoms with E-state index in [9.17, 15) is 5.11 Å². The zero-order chi connectivity index (χ0) is 12.1. The smallest absolute Gasteiger partial charge is 0.127 e. The summed E-state index contributed by atoms with van der Waals surface area (Å²) in [6.45, 7) is 1.89. The summed E-state index contributed by atoms with van der Waals surface area (Å²) in [4.78, 5) is 0. The summed E-state index contributed by atoms with van der Waals surface area (Å²) >= 11 is 0. The van der Waals surface area contributed by atoms with E-state index in [-0.39, 0.29) is 0 Å². The van der Waals surface area contributed by atoms with E-state index in [1.807, 2.05) is 13.0 Å². The second kappa shape index (κ2) is 5.72. The zero-order valence-corrected chi connectivity index (χ0v) is 9.93. The van der Waals surface area contributed by atoms with Gasteiger partial charge >= 0.3 is 0 Å². The molecule has 0 saturated carbocycles. The van der Waals surface area contributed by atoms with Crippen molar-refractivity contribution in [1.29, 1.82) is 0 Å². The van der Waals surface area contributed by atoms with Crippen LogP contribution in [0.4, 0.5) is 0 Å². The molecule has 0 bridgehead atoms. The van der Waals surface area contributed by atoms with Gasteiger partial charge in [-0.05, 0) is 18.6 Å². The average molecular weight is 225 g/mol. The van der Waals surface area contributed by atoms with Gasteiger partial charge in [-0.25, -0.2) is 0 Å². The summed E-state index contributed by atoms with van der Waals surface area (Å²) in [5.41, 5.74) is 6.74. The van der Waals surface area contributed by atoms with Crippen LogP contribution >= 0.6 is 0 Å². The van der Waals surface area contributed by atoms with Gasteiger partial charge in [-0.1, -0.05) is 6.92 Å². The molecule has 16 heavy (non-hydrogen) atoms. The summed E-state index contributed by atoms with van der Waals surface area (Å²) in [7, 11) is 3.17. The SMILES string of the molecule is CC[C@@H](O)[C@@H](N)c1ccc(OC)cc1OC. The summed E-state index contributed by atoms with van der Waals surface area (Å²) in [5.74, 6) is 1.35. The van der Waals surface area contributed by atoms with E-state index >= 15 is 0 Å². The first-order valence-corrected chi connectivity index (χ1v) is 5.29. The molecule has 0 aliphatic heterocycles. The number of aliphatic hydroxyl groups excluding tert-OH is 1. The minimum absolute atomic E-state index is 0.439. The van der Waals surface area contributed by atoms with Crippen LogP contribution in [0.2, 0.25) is 0 Å². The maximum Gasteiger partial charge on any atom is 0.127 e. The average Bonchev–Trinajstić information content (AvgIpc) is 2.35. The molecule has 1 rings (SSSR count). The molecule has 0 amide bonds. The molecular formula is C12H19NO3. The molecule has 0 aliphatic carbocycles. The van der Waals surface area contributed by atoms with Crippen LogP contribution in [0.25, 0.3) is 0 Å². The maximum absolute atomic E-state index is 9.71. The predicted octanol–water partition coefficient (Wildman–Crippen LogP) is 1.47. The van der Waals surface area contributed by atoms with E-state index in [1.54, 1.807) is 26.4 Å². The first-order valence-electron chi connectivity index (χ1n) is 5.29. The van der Waals surface area contributed by atoms with Crippen molar-refractivity contribution in [3.8, 4) is 11.5 Å². The zero-order valence-electron chi connectivity index (χ0n) is 9.93. The van der Waals surface area contributed by atoms with Gasteiger partial charge in [-0.15, -0.1) is 0 Å². The maximum atomic E-state index is 9.71. The number of hydrogen-bond donors (Lipinski definition) is 2. The van der Waals surface area contributed by atoms with E-state index in [1.165, 1.54) is 0 Å². The summed E-state index contributed by atoms with van der Waals surface area (Å²) in [6, 6.07) is 4.95. The summed E-state index contributed by atoms with van der Waals surface area (Å²) < 4.78 is 10.3. The van der Waals surface area contributed by atoms with Crippen molar-refractivity contribution < 1.29 is 14.6 Å². The molecule has 90 valence electrons. The molecule has 0 aliphatic rings. The van der Waals surface area contributed by atoms with Crippen LogP contribution in [0.15, 0.2) is 18.2 Å². The molecule has 0 saturated heterocycles. The van der Waals surface area contributed by atoms with Gasteiger partial charge in [0.15, 0.2) is 0 Å². The van der Waals surface area contributed by atoms with Gasteiger partial charge in [0.2, 0.25) is 0 Å². The number of methoxy groups -OCH3 is 2. The van der Waals surface area contributed by atoms with Crippen molar-refractivity contribution in [3.63, 3.8) is 0 Å². The Balaban J connectivity index is 3.03. The number of benzene rings is 1. The Morgan fingerprint density at radius 3 is 2.50 bits per heavy atom. The molecular weight excluding hydrogens is 206 g/mol. The topological polar surface area (TPSA) is 64.7 Å². The largest absolute Gasteiger partial charge is 0.497 e. The Morgan fingerprint density at radius 1 is 1.31 bits per heavy atom. The van der Waals surface area contributed by atoms with Gasteiger partial charge < -0.3 is 20.3 Å². The van der Waals surface area contributed by atoms with Crippen LogP contribution in [-0.4, -0.2) is 25.4 Å². The fourth-order valence-corrected chi connectivity index (χ4v) is 1.56. The number of ether oxygens (including phenoxy) is 2. The molecule has 4 heteroatoms. The third-order valence-corrected chi connectivity index (χ3v) is 2.63. The predicted molar refractivity (Wildman–Crippen MR) is 62.8 cm³/mol. The highest BCUT2D eigenvalue weighted by molar-refractivity contribution is 5.42. The van der Waals surface area contributed by atoms with E-state index in [4.69, 9.17) is 15.2 Å². The van der Waals surface area contributed by atoms with Crippen molar-refractivity contribution in [2.45, 2.75) is 25.5 Å². The molecule has 3 N–H and O–H groups in total. The highest BCUT2D eigenvalue weighted by Gasteiger charge is 2.19. The first kappa shape index (κ1) is 12.8. The molecule has 4 nitrogen and oxygen atoms in total. The van der Waals surface area contributed by atoms with E-state index in [2.05, 4.69) is 0 Å². The Kier molecular flexibility index (Phi) is 4.58. The molecule has 0 spiro atoms. The van der Waals surface area contributed by atoms with Gasteiger partial charge in [-0.3, -0.25) is 0 Å². The minimum atomic E-state index is -0.567. The summed E-state index contributed by atoms with van der Waals surface area (Å²) in [6.07, 6.45) is 0.0402. The van der Waals surface area contributed by atoms with Crippen LogP contribution in [-0.2, 0) is 0 Å². The van der Waals surface area contributed by atoms with E-state index in [0.29, 0.717) is 17.9 Å². The lowest BCUT2D eigenvalue weighted by Gasteiger charge is -2.20. The molecule has 0 radical (unpaired) electrons. The van der Waals surface area contributed by atoms with Crippen LogP contribution < -0.4 is 15.2 Å². The Morgan fingerprint density at radius 2 is 2.00 bits per heavy atom. The number of rotatable bonds is 5. The Labute approximate surface area is 96.0 Å². The molecule has 1 aromatic rings. The highest BCUT2D eigenvalue weighted by atomic mass is 16.5. The molecule has 1 aromatic carbocycles. The fraction of sp³-hybridized carbons (Fsp3) is 0.500. The Bertz CT molecular complexity index is 341. The third-order valence-electron chi connectivity index (χ3n) is 2.63. The quantitative estimate of drug-likeness (QED) is 0.796. The molecule has 2 atom stereocenters. The van der Waals surface area contributed by atoms with Crippen LogP contribution in [0, 0.1) is 0 Å². The molecule has 0 fully saturated rings. The van der Waals surface area contributed by atoms with Crippen molar-refractivity contribution in [2.75, 3.05) is 14.2 Å². The fourth-order valence-electron chi connectivity index (χ4n) is 1.56. The van der Waals surface area contributed by atoms with E-state index < -0.39 is 12.1 Å². The lowest BCUT2D eigenvalue weighted by atomic mass is 9.99. The van der Waals surface area contributed by atoms with Gasteiger partial charge in [0, 0.05) is 11.6 Å². The third kappa shape index (κ3) is 2.65. The molecule has 0 unspecified atom stereocenters. The molecule has 0 heterocycles. The van der Waals surface area contributed by atoms with Crippen molar-refractivity contribution in [1.82, 2.24) is 0 Å². The normalized spacial score (nSPS) is 14.3. The first-order chi connectivity index (χ1) is 7.63. The number of hydrogen-bond acceptors (Lipinski definition) is 4. The van der Waals surface area contributed by atoms with Crippen LogP contribution in [0.5, 0.6) is 11.5 Å². The van der Waals surface area contributed by atoms with E-state index in [0.717, 1.165) is 5.56 Å². The van der Waals surface area contributed by atoms with Crippen molar-refractivity contribution >= 4 is 0 Å². The van der Waals surface area contributed by atoms with Crippen molar-refractivity contribution in [3.05, 3.63) is 23.8 Å². The van der Waals surface area contributed by atoms with Gasteiger partial charge in [0.1, 0.15) is 11.5 Å². The minimum Gasteiger partial charge on any atom is -0.497 e. The van der Waals surface area contributed by atoms with Gasteiger partial charge in [0.25, 0.3) is 0 Å². The molecule has 0 aromatic heterocycles.